The van der Waals surface area contributed by atoms with Crippen molar-refractivity contribution in [3.63, 3.8) is 0 Å². The van der Waals surface area contributed by atoms with Crippen molar-refractivity contribution in [2.24, 2.45) is 0 Å². The van der Waals surface area contributed by atoms with Crippen LogP contribution in [0, 0.1) is 0 Å². The molecule has 0 bridgehead atoms. The fraction of sp³-hybridized carbons (Fsp3) is 0.0667. The average molecular weight is 296 g/mol. The minimum absolute atomic E-state index is 0.390. The Labute approximate surface area is 125 Å². The summed E-state index contributed by atoms with van der Waals surface area (Å²) in [4.78, 5) is 20.0. The molecule has 0 aliphatic heterocycles. The Hall–Kier alpha value is -2.53. The van der Waals surface area contributed by atoms with Crippen LogP contribution in [-0.2, 0) is 6.42 Å². The van der Waals surface area contributed by atoms with E-state index in [1.54, 1.807) is 6.20 Å². The molecule has 0 aliphatic rings. The van der Waals surface area contributed by atoms with E-state index >= 15 is 0 Å². The van der Waals surface area contributed by atoms with Crippen molar-refractivity contribution in [3.05, 3.63) is 59.4 Å². The summed E-state index contributed by atoms with van der Waals surface area (Å²) in [5.41, 5.74) is 3.41. The largest absolute Gasteiger partial charge is 0.338 e. The maximum Gasteiger partial charge on any atom is 0.182 e. The van der Waals surface area contributed by atoms with Gasteiger partial charge in [-0.05, 0) is 23.8 Å². The number of hydrogen-bond acceptors (Lipinski definition) is 4. The minimum atomic E-state index is 0.390. The van der Waals surface area contributed by atoms with Crippen molar-refractivity contribution in [1.29, 1.82) is 0 Å². The molecule has 102 valence electrons. The lowest BCUT2D eigenvalue weighted by atomic mass is 10.1. The van der Waals surface area contributed by atoms with E-state index in [2.05, 4.69) is 37.1 Å². The van der Waals surface area contributed by atoms with Gasteiger partial charge in [0.05, 0.1) is 5.52 Å². The molecule has 3 aromatic heterocycles. The van der Waals surface area contributed by atoms with Crippen LogP contribution >= 0.6 is 11.6 Å². The number of nitrogens with one attached hydrogen (secondary N) is 1. The molecule has 0 radical (unpaired) electrons. The van der Waals surface area contributed by atoms with Crippen LogP contribution in [-0.4, -0.2) is 24.9 Å². The number of H-pyrrole nitrogens is 1. The zero-order valence-corrected chi connectivity index (χ0v) is 11.7. The number of halogens is 1. The SMILES string of the molecule is Clc1ncnc2nc(Cc3ccc4ncccc4c3)[nH]c12. The van der Waals surface area contributed by atoms with Gasteiger partial charge in [0.1, 0.15) is 17.7 Å². The number of hydrogen-bond donors (Lipinski definition) is 1. The molecule has 0 saturated heterocycles. The molecule has 1 N–H and O–H groups in total. The Kier molecular flexibility index (Phi) is 2.79. The molecule has 0 amide bonds. The van der Waals surface area contributed by atoms with Crippen LogP contribution in [0.1, 0.15) is 11.4 Å². The Morgan fingerprint density at radius 2 is 2.05 bits per heavy atom. The first kappa shape index (κ1) is 12.2. The lowest BCUT2D eigenvalue weighted by Crippen LogP contribution is -1.91. The van der Waals surface area contributed by atoms with Crippen LogP contribution in [0.15, 0.2) is 42.9 Å². The Bertz CT molecular complexity index is 947. The van der Waals surface area contributed by atoms with Gasteiger partial charge in [0.2, 0.25) is 0 Å². The van der Waals surface area contributed by atoms with Crippen LogP contribution in [0.4, 0.5) is 0 Å². The number of nitrogens with zero attached hydrogens (tertiary/aromatic N) is 4. The van der Waals surface area contributed by atoms with Gasteiger partial charge in [0, 0.05) is 18.0 Å². The quantitative estimate of drug-likeness (QED) is 0.577. The third-order valence-electron chi connectivity index (χ3n) is 3.33. The van der Waals surface area contributed by atoms with Gasteiger partial charge in [-0.3, -0.25) is 4.98 Å². The van der Waals surface area contributed by atoms with E-state index < -0.39 is 0 Å². The van der Waals surface area contributed by atoms with Crippen molar-refractivity contribution in [2.75, 3.05) is 0 Å². The third-order valence-corrected chi connectivity index (χ3v) is 3.62. The van der Waals surface area contributed by atoms with Crippen molar-refractivity contribution in [3.8, 4) is 0 Å². The molecule has 3 heterocycles. The molecule has 4 aromatic rings. The highest BCUT2D eigenvalue weighted by molar-refractivity contribution is 6.33. The van der Waals surface area contributed by atoms with Crippen molar-refractivity contribution in [2.45, 2.75) is 6.42 Å². The van der Waals surface area contributed by atoms with Crippen molar-refractivity contribution >= 4 is 33.7 Å². The molecule has 0 saturated carbocycles. The predicted octanol–water partition coefficient (Wildman–Crippen LogP) is 3.15. The first-order chi connectivity index (χ1) is 10.3. The molecule has 5 nitrogen and oxygen atoms in total. The predicted molar refractivity (Wildman–Crippen MR) is 81.2 cm³/mol. The van der Waals surface area contributed by atoms with E-state index in [4.69, 9.17) is 11.6 Å². The number of pyridine rings is 1. The second-order valence-corrected chi connectivity index (χ2v) is 5.11. The monoisotopic (exact) mass is 295 g/mol. The summed E-state index contributed by atoms with van der Waals surface area (Å²) in [7, 11) is 0. The van der Waals surface area contributed by atoms with Crippen LogP contribution in [0.2, 0.25) is 5.15 Å². The standard InChI is InChI=1S/C15H10ClN5/c16-14-13-15(19-8-18-14)21-12(20-13)7-9-3-4-11-10(6-9)2-1-5-17-11/h1-6,8H,7H2,(H,18,19,20,21). The Balaban J connectivity index is 1.73. The molecule has 0 unspecified atom stereocenters. The number of benzene rings is 1. The van der Waals surface area contributed by atoms with Gasteiger partial charge in [-0.15, -0.1) is 0 Å². The molecule has 4 rings (SSSR count). The van der Waals surface area contributed by atoms with Crippen LogP contribution < -0.4 is 0 Å². The van der Waals surface area contributed by atoms with Crippen molar-refractivity contribution in [1.82, 2.24) is 24.9 Å². The van der Waals surface area contributed by atoms with E-state index in [0.717, 1.165) is 22.3 Å². The molecule has 0 atom stereocenters. The first-order valence-electron chi connectivity index (χ1n) is 6.48. The lowest BCUT2D eigenvalue weighted by Gasteiger charge is -2.01. The zero-order valence-electron chi connectivity index (χ0n) is 10.9. The summed E-state index contributed by atoms with van der Waals surface area (Å²) in [6.07, 6.45) is 3.89. The van der Waals surface area contributed by atoms with Crippen molar-refractivity contribution < 1.29 is 0 Å². The average Bonchev–Trinajstić information content (AvgIpc) is 2.91. The maximum absolute atomic E-state index is 6.02. The molecule has 6 heteroatoms. The molecule has 21 heavy (non-hydrogen) atoms. The van der Waals surface area contributed by atoms with E-state index in [1.807, 2.05) is 18.2 Å². The van der Waals surface area contributed by atoms with E-state index in [0.29, 0.717) is 22.7 Å². The number of aromatic amines is 1. The Morgan fingerprint density at radius 3 is 2.95 bits per heavy atom. The fourth-order valence-electron chi connectivity index (χ4n) is 2.36. The number of rotatable bonds is 2. The molecule has 0 fully saturated rings. The maximum atomic E-state index is 6.02. The smallest absolute Gasteiger partial charge is 0.182 e. The van der Waals surface area contributed by atoms with Gasteiger partial charge < -0.3 is 4.98 Å². The molecule has 0 spiro atoms. The number of aromatic nitrogens is 5. The van der Waals surface area contributed by atoms with Gasteiger partial charge in [0.25, 0.3) is 0 Å². The highest BCUT2D eigenvalue weighted by Gasteiger charge is 2.08. The molecule has 0 aliphatic carbocycles. The van der Waals surface area contributed by atoms with E-state index in [1.165, 1.54) is 6.33 Å². The fourth-order valence-corrected chi connectivity index (χ4v) is 2.54. The normalized spacial score (nSPS) is 11.3. The summed E-state index contributed by atoms with van der Waals surface area (Å²) < 4.78 is 0. The second-order valence-electron chi connectivity index (χ2n) is 4.75. The van der Waals surface area contributed by atoms with Crippen LogP contribution in [0.25, 0.3) is 22.1 Å². The highest BCUT2D eigenvalue weighted by Crippen LogP contribution is 2.19. The summed E-state index contributed by atoms with van der Waals surface area (Å²) >= 11 is 6.02. The molecule has 1 aromatic carbocycles. The number of fused-ring (bicyclic) bond motifs is 2. The molecular formula is C15H10ClN5. The highest BCUT2D eigenvalue weighted by atomic mass is 35.5. The lowest BCUT2D eigenvalue weighted by molar-refractivity contribution is 1.04. The van der Waals surface area contributed by atoms with Crippen LogP contribution in [0.3, 0.4) is 0 Å². The third kappa shape index (κ3) is 2.21. The minimum Gasteiger partial charge on any atom is -0.338 e. The number of imidazole rings is 1. The first-order valence-corrected chi connectivity index (χ1v) is 6.86. The van der Waals surface area contributed by atoms with Gasteiger partial charge in [-0.2, -0.15) is 0 Å². The summed E-state index contributed by atoms with van der Waals surface area (Å²) in [5, 5.41) is 1.50. The Morgan fingerprint density at radius 1 is 1.10 bits per heavy atom. The summed E-state index contributed by atoms with van der Waals surface area (Å²) in [6.45, 7) is 0. The molecular weight excluding hydrogens is 286 g/mol. The van der Waals surface area contributed by atoms with Crippen LogP contribution in [0.5, 0.6) is 0 Å². The van der Waals surface area contributed by atoms with E-state index in [9.17, 15) is 0 Å². The van der Waals surface area contributed by atoms with Gasteiger partial charge in [-0.1, -0.05) is 23.7 Å². The van der Waals surface area contributed by atoms with Gasteiger partial charge >= 0.3 is 0 Å². The van der Waals surface area contributed by atoms with E-state index in [-0.39, 0.29) is 0 Å². The van der Waals surface area contributed by atoms with Gasteiger partial charge in [-0.25, -0.2) is 15.0 Å². The topological polar surface area (TPSA) is 67.3 Å². The summed E-state index contributed by atoms with van der Waals surface area (Å²) in [5.74, 6) is 0.815. The zero-order chi connectivity index (χ0) is 14.2. The summed E-state index contributed by atoms with van der Waals surface area (Å²) in [6, 6.07) is 10.2. The second kappa shape index (κ2) is 4.79. The van der Waals surface area contributed by atoms with Gasteiger partial charge in [0.15, 0.2) is 10.8 Å².